The van der Waals surface area contributed by atoms with E-state index in [1.807, 2.05) is 12.1 Å². The van der Waals surface area contributed by atoms with Crippen LogP contribution in [0.5, 0.6) is 5.75 Å². The molecule has 2 aromatic carbocycles. The zero-order valence-electron chi connectivity index (χ0n) is 16.9. The maximum absolute atomic E-state index is 12.5. The number of nitrogens with one attached hydrogen (secondary N) is 2. The molecule has 1 aliphatic carbocycles. The fourth-order valence-corrected chi connectivity index (χ4v) is 4.98. The molecule has 1 unspecified atom stereocenters. The minimum absolute atomic E-state index is 0.0477. The average molecular weight is 495 g/mol. The van der Waals surface area contributed by atoms with Crippen LogP contribution in [0.1, 0.15) is 38.2 Å². The summed E-state index contributed by atoms with van der Waals surface area (Å²) in [6, 6.07) is 14.2. The molecule has 0 spiro atoms. The molecular weight excluding hydrogens is 468 g/mol. The molecule has 0 bridgehead atoms. The number of carbonyl (C=O) groups excluding carboxylic acids is 1. The lowest BCUT2D eigenvalue weighted by molar-refractivity contribution is -0.127. The monoisotopic (exact) mass is 494 g/mol. The van der Waals surface area contributed by atoms with Crippen molar-refractivity contribution in [3.63, 3.8) is 0 Å². The molecule has 1 saturated carbocycles. The molecule has 2 aromatic rings. The van der Waals surface area contributed by atoms with Gasteiger partial charge in [0.15, 0.2) is 6.10 Å². The van der Waals surface area contributed by atoms with Gasteiger partial charge in [-0.15, -0.1) is 0 Å². The SMILES string of the molecule is CC(Oc1ccc(Br)cc1)C(=O)NCCc1ccc(S(=O)(=O)NC2CCCC2)cc1. The molecule has 1 amide bonds. The molecule has 6 nitrogen and oxygen atoms in total. The Bertz CT molecular complexity index is 940. The van der Waals surface area contributed by atoms with Crippen molar-refractivity contribution in [1.29, 1.82) is 0 Å². The van der Waals surface area contributed by atoms with Crippen molar-refractivity contribution in [3.8, 4) is 5.75 Å². The summed E-state index contributed by atoms with van der Waals surface area (Å²) in [7, 11) is -3.48. The lowest BCUT2D eigenvalue weighted by atomic mass is 10.1. The summed E-state index contributed by atoms with van der Waals surface area (Å²) in [5.41, 5.74) is 0.955. The van der Waals surface area contributed by atoms with Gasteiger partial charge < -0.3 is 10.1 Å². The number of sulfonamides is 1. The van der Waals surface area contributed by atoms with Crippen molar-refractivity contribution in [2.75, 3.05) is 6.54 Å². The maximum atomic E-state index is 12.5. The van der Waals surface area contributed by atoms with Crippen LogP contribution >= 0.6 is 15.9 Å². The van der Waals surface area contributed by atoms with E-state index in [0.29, 0.717) is 18.7 Å². The molecule has 0 saturated heterocycles. The van der Waals surface area contributed by atoms with Gasteiger partial charge in [0.05, 0.1) is 4.90 Å². The number of halogens is 1. The molecule has 2 N–H and O–H groups in total. The van der Waals surface area contributed by atoms with E-state index >= 15 is 0 Å². The summed E-state index contributed by atoms with van der Waals surface area (Å²) in [5.74, 6) is 0.432. The lowest BCUT2D eigenvalue weighted by Crippen LogP contribution is -2.37. The topological polar surface area (TPSA) is 84.5 Å². The van der Waals surface area contributed by atoms with Gasteiger partial charge in [-0.3, -0.25) is 4.79 Å². The molecule has 0 aromatic heterocycles. The van der Waals surface area contributed by atoms with Gasteiger partial charge in [-0.25, -0.2) is 13.1 Å². The second kappa shape index (κ2) is 10.4. The van der Waals surface area contributed by atoms with Gasteiger partial charge in [-0.1, -0.05) is 40.9 Å². The summed E-state index contributed by atoms with van der Waals surface area (Å²) in [5, 5.41) is 2.85. The van der Waals surface area contributed by atoms with Crippen LogP contribution in [0.3, 0.4) is 0 Å². The number of rotatable bonds is 9. The number of hydrogen-bond acceptors (Lipinski definition) is 4. The molecule has 1 aliphatic rings. The second-order valence-electron chi connectivity index (χ2n) is 7.50. The van der Waals surface area contributed by atoms with Crippen LogP contribution in [-0.4, -0.2) is 33.0 Å². The quantitative estimate of drug-likeness (QED) is 0.555. The van der Waals surface area contributed by atoms with Crippen LogP contribution < -0.4 is 14.8 Å². The maximum Gasteiger partial charge on any atom is 0.260 e. The summed E-state index contributed by atoms with van der Waals surface area (Å²) in [6.45, 7) is 2.15. The Labute approximate surface area is 186 Å². The minimum Gasteiger partial charge on any atom is -0.481 e. The van der Waals surface area contributed by atoms with Crippen LogP contribution in [0.2, 0.25) is 0 Å². The Kier molecular flexibility index (Phi) is 7.91. The molecule has 162 valence electrons. The molecule has 30 heavy (non-hydrogen) atoms. The highest BCUT2D eigenvalue weighted by Gasteiger charge is 2.22. The zero-order valence-corrected chi connectivity index (χ0v) is 19.3. The van der Waals surface area contributed by atoms with E-state index in [0.717, 1.165) is 35.7 Å². The van der Waals surface area contributed by atoms with Crippen LogP contribution in [0.15, 0.2) is 57.9 Å². The number of amides is 1. The number of benzene rings is 2. The van der Waals surface area contributed by atoms with Crippen LogP contribution in [0.25, 0.3) is 0 Å². The van der Waals surface area contributed by atoms with E-state index < -0.39 is 16.1 Å². The van der Waals surface area contributed by atoms with Crippen molar-refractivity contribution >= 4 is 31.9 Å². The molecule has 1 fully saturated rings. The van der Waals surface area contributed by atoms with Crippen molar-refractivity contribution in [1.82, 2.24) is 10.0 Å². The summed E-state index contributed by atoms with van der Waals surface area (Å²) < 4.78 is 34.3. The molecule has 3 rings (SSSR count). The summed E-state index contributed by atoms with van der Waals surface area (Å²) >= 11 is 3.36. The third kappa shape index (κ3) is 6.55. The van der Waals surface area contributed by atoms with E-state index in [-0.39, 0.29) is 16.8 Å². The highest BCUT2D eigenvalue weighted by molar-refractivity contribution is 9.10. The van der Waals surface area contributed by atoms with Gasteiger partial charge in [-0.2, -0.15) is 0 Å². The van der Waals surface area contributed by atoms with E-state index in [1.54, 1.807) is 43.3 Å². The Morgan fingerprint density at radius 3 is 2.37 bits per heavy atom. The smallest absolute Gasteiger partial charge is 0.260 e. The van der Waals surface area contributed by atoms with Crippen LogP contribution in [-0.2, 0) is 21.2 Å². The Morgan fingerprint density at radius 1 is 1.10 bits per heavy atom. The predicted octanol–water partition coefficient (Wildman–Crippen LogP) is 3.80. The van der Waals surface area contributed by atoms with E-state index in [1.165, 1.54) is 0 Å². The Hall–Kier alpha value is -1.90. The molecule has 0 aliphatic heterocycles. The van der Waals surface area contributed by atoms with Crippen molar-refractivity contribution < 1.29 is 17.9 Å². The molecule has 8 heteroatoms. The highest BCUT2D eigenvalue weighted by atomic mass is 79.9. The van der Waals surface area contributed by atoms with Gasteiger partial charge in [0.25, 0.3) is 5.91 Å². The average Bonchev–Trinajstić information content (AvgIpc) is 3.22. The van der Waals surface area contributed by atoms with Gasteiger partial charge in [0.2, 0.25) is 10.0 Å². The third-order valence-corrected chi connectivity index (χ3v) is 7.18. The fourth-order valence-electron chi connectivity index (χ4n) is 3.41. The molecule has 0 heterocycles. The highest BCUT2D eigenvalue weighted by Crippen LogP contribution is 2.21. The largest absolute Gasteiger partial charge is 0.481 e. The first-order chi connectivity index (χ1) is 14.3. The van der Waals surface area contributed by atoms with Gasteiger partial charge >= 0.3 is 0 Å². The van der Waals surface area contributed by atoms with Crippen molar-refractivity contribution in [3.05, 3.63) is 58.6 Å². The predicted molar refractivity (Wildman–Crippen MR) is 120 cm³/mol. The van der Waals surface area contributed by atoms with Gasteiger partial charge in [-0.05, 0) is 68.1 Å². The standard InChI is InChI=1S/C22H27BrN2O4S/c1-16(29-20-10-8-18(23)9-11-20)22(26)24-15-14-17-6-12-21(13-7-17)30(27,28)25-19-4-2-3-5-19/h6-13,16,19,25H,2-5,14-15H2,1H3,(H,24,26). The number of ether oxygens (including phenoxy) is 1. The first-order valence-corrected chi connectivity index (χ1v) is 12.4. The number of hydrogen-bond donors (Lipinski definition) is 2. The lowest BCUT2D eigenvalue weighted by Gasteiger charge is -2.15. The van der Waals surface area contributed by atoms with Gasteiger partial charge in [0.1, 0.15) is 5.75 Å². The van der Waals surface area contributed by atoms with Crippen molar-refractivity contribution in [2.24, 2.45) is 0 Å². The summed E-state index contributed by atoms with van der Waals surface area (Å²) in [6.07, 6.45) is 3.95. The third-order valence-electron chi connectivity index (χ3n) is 5.12. The minimum atomic E-state index is -3.48. The molecule has 1 atom stereocenters. The van der Waals surface area contributed by atoms with E-state index in [9.17, 15) is 13.2 Å². The zero-order chi connectivity index (χ0) is 21.6. The first kappa shape index (κ1) is 22.8. The van der Waals surface area contributed by atoms with Crippen molar-refractivity contribution in [2.45, 2.75) is 56.1 Å². The van der Waals surface area contributed by atoms with Gasteiger partial charge in [0, 0.05) is 17.1 Å². The second-order valence-corrected chi connectivity index (χ2v) is 10.1. The van der Waals surface area contributed by atoms with Crippen LogP contribution in [0.4, 0.5) is 0 Å². The normalized spacial score (nSPS) is 15.7. The Morgan fingerprint density at radius 2 is 1.73 bits per heavy atom. The molecular formula is C22H27BrN2O4S. The summed E-state index contributed by atoms with van der Waals surface area (Å²) in [4.78, 5) is 12.5. The Balaban J connectivity index is 1.45. The first-order valence-electron chi connectivity index (χ1n) is 10.1. The van der Waals surface area contributed by atoms with E-state index in [2.05, 4.69) is 26.0 Å². The molecule has 0 radical (unpaired) electrons. The fraction of sp³-hybridized carbons (Fsp3) is 0.409. The number of carbonyl (C=O) groups is 1. The van der Waals surface area contributed by atoms with Crippen LogP contribution in [0, 0.1) is 0 Å². The van der Waals surface area contributed by atoms with E-state index in [4.69, 9.17) is 4.74 Å².